The molecule has 1 aliphatic carbocycles. The van der Waals surface area contributed by atoms with E-state index in [9.17, 15) is 0 Å². The summed E-state index contributed by atoms with van der Waals surface area (Å²) >= 11 is 0. The number of ether oxygens (including phenoxy) is 4. The summed E-state index contributed by atoms with van der Waals surface area (Å²) in [6, 6.07) is 12.2. The van der Waals surface area contributed by atoms with Crippen LogP contribution in [0.25, 0.3) is 0 Å². The zero-order chi connectivity index (χ0) is 17.0. The molecule has 3 aliphatic rings. The van der Waals surface area contributed by atoms with Crippen molar-refractivity contribution in [1.29, 1.82) is 0 Å². The molecule has 5 nitrogen and oxygen atoms in total. The van der Waals surface area contributed by atoms with Crippen LogP contribution in [-0.2, 0) is 5.41 Å². The number of methoxy groups -OCH3 is 1. The van der Waals surface area contributed by atoms with Crippen LogP contribution < -0.4 is 18.9 Å². The lowest BCUT2D eigenvalue weighted by atomic mass is 9.58. The summed E-state index contributed by atoms with van der Waals surface area (Å²) in [5.41, 5.74) is 2.83. The maximum Gasteiger partial charge on any atom is 0.231 e. The molecule has 2 aromatic carbocycles. The van der Waals surface area contributed by atoms with E-state index in [1.807, 2.05) is 18.2 Å². The van der Waals surface area contributed by atoms with E-state index in [4.69, 9.17) is 18.9 Å². The average molecular weight is 339 g/mol. The lowest BCUT2D eigenvalue weighted by Gasteiger charge is -2.46. The van der Waals surface area contributed by atoms with Crippen molar-refractivity contribution in [3.8, 4) is 23.0 Å². The first-order valence-electron chi connectivity index (χ1n) is 8.59. The van der Waals surface area contributed by atoms with Gasteiger partial charge >= 0.3 is 0 Å². The molecule has 0 radical (unpaired) electrons. The van der Waals surface area contributed by atoms with E-state index in [1.54, 1.807) is 7.11 Å². The Morgan fingerprint density at radius 2 is 1.96 bits per heavy atom. The second-order valence-electron chi connectivity index (χ2n) is 7.16. The van der Waals surface area contributed by atoms with E-state index in [-0.39, 0.29) is 12.2 Å². The Bertz CT molecular complexity index is 836. The predicted molar refractivity (Wildman–Crippen MR) is 93.0 cm³/mol. The van der Waals surface area contributed by atoms with E-state index < -0.39 is 0 Å². The van der Waals surface area contributed by atoms with Gasteiger partial charge in [0.15, 0.2) is 11.5 Å². The van der Waals surface area contributed by atoms with Gasteiger partial charge in [-0.25, -0.2) is 0 Å². The molecule has 1 saturated heterocycles. The number of hydrogen-bond acceptors (Lipinski definition) is 5. The topological polar surface area (TPSA) is 40.2 Å². The number of nitrogens with zero attached hydrogens (tertiary/aromatic N) is 1. The van der Waals surface area contributed by atoms with Crippen LogP contribution in [0.5, 0.6) is 23.0 Å². The Kier molecular flexibility index (Phi) is 3.16. The summed E-state index contributed by atoms with van der Waals surface area (Å²) in [6.45, 7) is 3.01. The summed E-state index contributed by atoms with van der Waals surface area (Å²) in [5, 5.41) is 0. The van der Waals surface area contributed by atoms with Gasteiger partial charge < -0.3 is 23.8 Å². The van der Waals surface area contributed by atoms with Crippen LogP contribution in [0.1, 0.15) is 17.0 Å². The Balaban J connectivity index is 1.43. The van der Waals surface area contributed by atoms with Gasteiger partial charge in [0, 0.05) is 25.1 Å². The second-order valence-corrected chi connectivity index (χ2v) is 7.16. The number of fused-ring (bicyclic) bond motifs is 5. The highest BCUT2D eigenvalue weighted by molar-refractivity contribution is 5.56. The Morgan fingerprint density at radius 3 is 2.84 bits per heavy atom. The summed E-state index contributed by atoms with van der Waals surface area (Å²) in [6.07, 6.45) is 0. The van der Waals surface area contributed by atoms with Crippen molar-refractivity contribution in [2.24, 2.45) is 0 Å². The van der Waals surface area contributed by atoms with Gasteiger partial charge in [0.05, 0.1) is 19.1 Å². The van der Waals surface area contributed by atoms with E-state index in [0.717, 1.165) is 36.1 Å². The molecule has 0 amide bonds. The summed E-state index contributed by atoms with van der Waals surface area (Å²) in [5.74, 6) is 3.79. The fraction of sp³-hybridized carbons (Fsp3) is 0.400. The largest absolute Gasteiger partial charge is 0.497 e. The lowest BCUT2D eigenvalue weighted by Crippen LogP contribution is -2.48. The Labute approximate surface area is 147 Å². The molecule has 0 saturated carbocycles. The fourth-order valence-electron chi connectivity index (χ4n) is 4.53. The molecule has 25 heavy (non-hydrogen) atoms. The van der Waals surface area contributed by atoms with Crippen molar-refractivity contribution in [3.05, 3.63) is 47.5 Å². The molecule has 5 heteroatoms. The maximum atomic E-state index is 6.22. The molecule has 0 aromatic heterocycles. The highest BCUT2D eigenvalue weighted by Gasteiger charge is 2.57. The molecule has 5 rings (SSSR count). The van der Waals surface area contributed by atoms with Gasteiger partial charge in [-0.05, 0) is 42.4 Å². The van der Waals surface area contributed by atoms with Crippen LogP contribution in [0.3, 0.4) is 0 Å². The fourth-order valence-corrected chi connectivity index (χ4v) is 4.53. The van der Waals surface area contributed by atoms with Gasteiger partial charge in [-0.15, -0.1) is 0 Å². The normalized spacial score (nSPS) is 25.9. The molecular formula is C20H21NO4. The van der Waals surface area contributed by atoms with Crippen molar-refractivity contribution in [1.82, 2.24) is 4.90 Å². The molecule has 2 aromatic rings. The van der Waals surface area contributed by atoms with Crippen LogP contribution in [-0.4, -0.2) is 45.5 Å². The van der Waals surface area contributed by atoms with Gasteiger partial charge in [-0.2, -0.15) is 0 Å². The zero-order valence-electron chi connectivity index (χ0n) is 14.5. The summed E-state index contributed by atoms with van der Waals surface area (Å²) in [4.78, 5) is 2.39. The minimum absolute atomic E-state index is 0.0367. The standard InChI is InChI=1S/C20H21NO4/c1-21-9-17-15-5-3-13(22-2)7-16(15)20(17,10-21)11-23-14-4-6-18-19(8-14)25-12-24-18/h3-8,17H,9-12H2,1-2H3/t17-,20-/m1/s1. The molecular weight excluding hydrogens is 318 g/mol. The molecule has 0 unspecified atom stereocenters. The molecule has 2 atom stereocenters. The van der Waals surface area contributed by atoms with E-state index in [2.05, 4.69) is 30.1 Å². The van der Waals surface area contributed by atoms with Gasteiger partial charge in [0.1, 0.15) is 11.5 Å². The SMILES string of the molecule is COc1ccc2c(c1)[C@]1(COc3ccc4c(c3)OCO4)CN(C)C[C@H]21. The molecule has 2 aliphatic heterocycles. The van der Waals surface area contributed by atoms with Gasteiger partial charge in [0.2, 0.25) is 6.79 Å². The number of likely N-dealkylation sites (tertiary alicyclic amines) is 1. The first-order valence-corrected chi connectivity index (χ1v) is 8.59. The third kappa shape index (κ3) is 2.12. The van der Waals surface area contributed by atoms with Crippen LogP contribution in [0.2, 0.25) is 0 Å². The van der Waals surface area contributed by atoms with Crippen molar-refractivity contribution in [2.75, 3.05) is 40.6 Å². The third-order valence-corrected chi connectivity index (χ3v) is 5.73. The molecule has 1 fully saturated rings. The number of likely N-dealkylation sites (N-methyl/N-ethyl adjacent to an activating group) is 1. The van der Waals surface area contributed by atoms with Crippen LogP contribution in [0.15, 0.2) is 36.4 Å². The monoisotopic (exact) mass is 339 g/mol. The van der Waals surface area contributed by atoms with Crippen LogP contribution in [0.4, 0.5) is 0 Å². The zero-order valence-corrected chi connectivity index (χ0v) is 14.5. The quantitative estimate of drug-likeness (QED) is 0.857. The van der Waals surface area contributed by atoms with Crippen LogP contribution >= 0.6 is 0 Å². The third-order valence-electron chi connectivity index (χ3n) is 5.73. The number of rotatable bonds is 4. The number of benzene rings is 2. The summed E-state index contributed by atoms with van der Waals surface area (Å²) in [7, 11) is 3.90. The molecule has 130 valence electrons. The van der Waals surface area contributed by atoms with Gasteiger partial charge in [-0.3, -0.25) is 0 Å². The molecule has 0 N–H and O–H groups in total. The van der Waals surface area contributed by atoms with Crippen molar-refractivity contribution < 1.29 is 18.9 Å². The highest BCUT2D eigenvalue weighted by Crippen LogP contribution is 2.56. The predicted octanol–water partition coefficient (Wildman–Crippen LogP) is 2.78. The minimum Gasteiger partial charge on any atom is -0.497 e. The van der Waals surface area contributed by atoms with E-state index in [0.29, 0.717) is 12.5 Å². The van der Waals surface area contributed by atoms with E-state index >= 15 is 0 Å². The van der Waals surface area contributed by atoms with Gasteiger partial charge in [0.25, 0.3) is 0 Å². The molecule has 2 heterocycles. The minimum atomic E-state index is 0.0367. The Morgan fingerprint density at radius 1 is 1.12 bits per heavy atom. The van der Waals surface area contributed by atoms with Crippen molar-refractivity contribution >= 4 is 0 Å². The van der Waals surface area contributed by atoms with E-state index in [1.165, 1.54) is 11.1 Å². The number of hydrogen-bond donors (Lipinski definition) is 0. The second kappa shape index (κ2) is 5.30. The molecule has 0 spiro atoms. The Hall–Kier alpha value is -2.40. The first-order chi connectivity index (χ1) is 12.2. The van der Waals surface area contributed by atoms with Gasteiger partial charge in [-0.1, -0.05) is 6.07 Å². The van der Waals surface area contributed by atoms with Crippen molar-refractivity contribution in [2.45, 2.75) is 11.3 Å². The molecule has 0 bridgehead atoms. The first kappa shape index (κ1) is 14.9. The summed E-state index contributed by atoms with van der Waals surface area (Å²) < 4.78 is 22.5. The van der Waals surface area contributed by atoms with Crippen molar-refractivity contribution in [3.63, 3.8) is 0 Å². The lowest BCUT2D eigenvalue weighted by molar-refractivity contribution is 0.172. The maximum absolute atomic E-state index is 6.22. The smallest absolute Gasteiger partial charge is 0.231 e. The van der Waals surface area contributed by atoms with Crippen LogP contribution in [0, 0.1) is 0 Å². The highest BCUT2D eigenvalue weighted by atomic mass is 16.7. The average Bonchev–Trinajstić information content (AvgIpc) is 3.21.